The van der Waals surface area contributed by atoms with E-state index in [2.05, 4.69) is 25.3 Å². The van der Waals surface area contributed by atoms with Crippen LogP contribution in [0.25, 0.3) is 22.1 Å². The molecular weight excluding hydrogens is 270 g/mol. The van der Waals surface area contributed by atoms with Gasteiger partial charge in [0.15, 0.2) is 17.2 Å². The van der Waals surface area contributed by atoms with Crippen molar-refractivity contribution < 1.29 is 9.21 Å². The number of nitrogens with zero attached hydrogens (tertiary/aromatic N) is 3. The molecule has 7 heteroatoms. The summed E-state index contributed by atoms with van der Waals surface area (Å²) in [5.41, 5.74) is 1.73. The Morgan fingerprint density at radius 1 is 1.19 bits per heavy atom. The summed E-state index contributed by atoms with van der Waals surface area (Å²) in [6, 6.07) is 9.12. The summed E-state index contributed by atoms with van der Waals surface area (Å²) in [4.78, 5) is 27.2. The number of carbonyl (C=O) groups excluding carboxylic acids is 1. The van der Waals surface area contributed by atoms with Crippen molar-refractivity contribution in [2.75, 3.05) is 5.32 Å². The third-order valence-electron chi connectivity index (χ3n) is 3.10. The van der Waals surface area contributed by atoms with E-state index in [1.807, 2.05) is 24.3 Å². The average molecular weight is 279 g/mol. The van der Waals surface area contributed by atoms with Gasteiger partial charge in [-0.3, -0.25) is 4.79 Å². The van der Waals surface area contributed by atoms with Gasteiger partial charge >= 0.3 is 0 Å². The fourth-order valence-electron chi connectivity index (χ4n) is 2.12. The first kappa shape index (κ1) is 11.6. The van der Waals surface area contributed by atoms with Crippen LogP contribution in [-0.2, 0) is 0 Å². The fraction of sp³-hybridized carbons (Fsp3) is 0. The van der Waals surface area contributed by atoms with Crippen molar-refractivity contribution in [3.05, 3.63) is 48.7 Å². The zero-order valence-corrected chi connectivity index (χ0v) is 10.7. The summed E-state index contributed by atoms with van der Waals surface area (Å²) in [5.74, 6) is 0.214. The highest BCUT2D eigenvalue weighted by Gasteiger charge is 2.15. The van der Waals surface area contributed by atoms with E-state index in [-0.39, 0.29) is 11.7 Å². The lowest BCUT2D eigenvalue weighted by molar-refractivity contribution is 0.0998. The summed E-state index contributed by atoms with van der Waals surface area (Å²) in [6.45, 7) is 0. The molecule has 0 aliphatic heterocycles. The van der Waals surface area contributed by atoms with Gasteiger partial charge in [0.25, 0.3) is 5.91 Å². The summed E-state index contributed by atoms with van der Waals surface area (Å²) >= 11 is 0. The summed E-state index contributed by atoms with van der Waals surface area (Å²) < 4.78 is 5.51. The van der Waals surface area contributed by atoms with Crippen LogP contribution in [0.4, 0.5) is 5.82 Å². The van der Waals surface area contributed by atoms with Gasteiger partial charge in [-0.15, -0.1) is 0 Å². The molecule has 1 amide bonds. The molecular formula is C14H9N5O2. The van der Waals surface area contributed by atoms with Crippen LogP contribution >= 0.6 is 0 Å². The van der Waals surface area contributed by atoms with Crippen LogP contribution in [0.2, 0.25) is 0 Å². The molecule has 0 unspecified atom stereocenters. The zero-order chi connectivity index (χ0) is 14.2. The Labute approximate surface area is 118 Å². The lowest BCUT2D eigenvalue weighted by atomic mass is 10.2. The van der Waals surface area contributed by atoms with Gasteiger partial charge in [0, 0.05) is 5.39 Å². The van der Waals surface area contributed by atoms with Crippen LogP contribution in [0.1, 0.15) is 10.6 Å². The second-order valence-electron chi connectivity index (χ2n) is 4.43. The summed E-state index contributed by atoms with van der Waals surface area (Å²) in [6.07, 6.45) is 2.84. The van der Waals surface area contributed by atoms with Crippen molar-refractivity contribution in [1.82, 2.24) is 19.9 Å². The number of fused-ring (bicyclic) bond motifs is 2. The summed E-state index contributed by atoms with van der Waals surface area (Å²) in [5, 5.41) is 3.57. The molecule has 0 aliphatic carbocycles. The number of hydrogen-bond acceptors (Lipinski definition) is 5. The normalized spacial score (nSPS) is 11.0. The first-order valence-electron chi connectivity index (χ1n) is 6.25. The van der Waals surface area contributed by atoms with Crippen molar-refractivity contribution in [1.29, 1.82) is 0 Å². The van der Waals surface area contributed by atoms with Crippen LogP contribution in [0.3, 0.4) is 0 Å². The SMILES string of the molecule is O=C(Nc1ncnc2nc[nH]c12)c1cc2ccccc2o1. The van der Waals surface area contributed by atoms with Gasteiger partial charge in [-0.2, -0.15) is 0 Å². The second-order valence-corrected chi connectivity index (χ2v) is 4.43. The number of para-hydroxylation sites is 1. The number of benzene rings is 1. The van der Waals surface area contributed by atoms with E-state index >= 15 is 0 Å². The molecule has 21 heavy (non-hydrogen) atoms. The number of rotatable bonds is 2. The molecule has 0 atom stereocenters. The van der Waals surface area contributed by atoms with Gasteiger partial charge in [-0.25, -0.2) is 15.0 Å². The Balaban J connectivity index is 1.70. The van der Waals surface area contributed by atoms with Gasteiger partial charge in [0.2, 0.25) is 0 Å². The molecule has 7 nitrogen and oxygen atoms in total. The number of H-pyrrole nitrogens is 1. The molecule has 2 N–H and O–H groups in total. The molecule has 0 bridgehead atoms. The Morgan fingerprint density at radius 3 is 3.00 bits per heavy atom. The van der Waals surface area contributed by atoms with Crippen LogP contribution in [0.15, 0.2) is 47.4 Å². The number of furan rings is 1. The van der Waals surface area contributed by atoms with E-state index in [1.165, 1.54) is 12.7 Å². The van der Waals surface area contributed by atoms with Crippen molar-refractivity contribution in [2.45, 2.75) is 0 Å². The minimum absolute atomic E-state index is 0.225. The number of hydrogen-bond donors (Lipinski definition) is 2. The third-order valence-corrected chi connectivity index (χ3v) is 3.10. The van der Waals surface area contributed by atoms with E-state index in [4.69, 9.17) is 4.42 Å². The highest BCUT2D eigenvalue weighted by atomic mass is 16.3. The molecule has 0 spiro atoms. The topological polar surface area (TPSA) is 96.7 Å². The number of anilines is 1. The largest absolute Gasteiger partial charge is 0.451 e. The van der Waals surface area contributed by atoms with Gasteiger partial charge in [0.05, 0.1) is 6.33 Å². The first-order chi connectivity index (χ1) is 10.3. The predicted molar refractivity (Wildman–Crippen MR) is 75.9 cm³/mol. The molecule has 4 aromatic rings. The van der Waals surface area contributed by atoms with E-state index in [9.17, 15) is 4.79 Å². The van der Waals surface area contributed by atoms with Crippen LogP contribution in [0.5, 0.6) is 0 Å². The zero-order valence-electron chi connectivity index (χ0n) is 10.7. The minimum atomic E-state index is -0.374. The van der Waals surface area contributed by atoms with Gasteiger partial charge in [0.1, 0.15) is 17.4 Å². The van der Waals surface area contributed by atoms with Crippen LogP contribution < -0.4 is 5.32 Å². The fourth-order valence-corrected chi connectivity index (χ4v) is 2.12. The Kier molecular flexibility index (Phi) is 2.43. The summed E-state index contributed by atoms with van der Waals surface area (Å²) in [7, 11) is 0. The maximum Gasteiger partial charge on any atom is 0.292 e. The van der Waals surface area contributed by atoms with Gasteiger partial charge in [-0.1, -0.05) is 18.2 Å². The lowest BCUT2D eigenvalue weighted by Crippen LogP contribution is -2.12. The molecule has 0 aliphatic rings. The molecule has 0 fully saturated rings. The Hall–Kier alpha value is -3.22. The minimum Gasteiger partial charge on any atom is -0.451 e. The van der Waals surface area contributed by atoms with Crippen molar-refractivity contribution >= 4 is 33.9 Å². The van der Waals surface area contributed by atoms with Crippen molar-refractivity contribution in [3.8, 4) is 0 Å². The molecule has 0 saturated carbocycles. The highest BCUT2D eigenvalue weighted by Crippen LogP contribution is 2.20. The van der Waals surface area contributed by atoms with Gasteiger partial charge in [-0.05, 0) is 12.1 Å². The Bertz CT molecular complexity index is 923. The van der Waals surface area contributed by atoms with Crippen LogP contribution in [-0.4, -0.2) is 25.8 Å². The van der Waals surface area contributed by atoms with E-state index in [0.717, 1.165) is 5.39 Å². The standard InChI is InChI=1S/C14H9N5O2/c20-14(10-5-8-3-1-2-4-9(8)21-10)19-13-11-12(16-6-15-11)17-7-18-13/h1-7H,(H2,15,16,17,18,19,20). The molecule has 1 aromatic carbocycles. The first-order valence-corrected chi connectivity index (χ1v) is 6.25. The Morgan fingerprint density at radius 2 is 2.10 bits per heavy atom. The van der Waals surface area contributed by atoms with Crippen molar-refractivity contribution in [2.24, 2.45) is 0 Å². The number of aromatic nitrogens is 4. The molecule has 0 saturated heterocycles. The number of amides is 1. The molecule has 0 radical (unpaired) electrons. The smallest absolute Gasteiger partial charge is 0.292 e. The van der Waals surface area contributed by atoms with Crippen molar-refractivity contribution in [3.63, 3.8) is 0 Å². The van der Waals surface area contributed by atoms with Gasteiger partial charge < -0.3 is 14.7 Å². The van der Waals surface area contributed by atoms with E-state index < -0.39 is 0 Å². The molecule has 4 rings (SSSR count). The van der Waals surface area contributed by atoms with E-state index in [1.54, 1.807) is 6.07 Å². The number of aromatic amines is 1. The third kappa shape index (κ3) is 1.91. The van der Waals surface area contributed by atoms with E-state index in [0.29, 0.717) is 22.6 Å². The number of nitrogens with one attached hydrogen (secondary N) is 2. The lowest BCUT2D eigenvalue weighted by Gasteiger charge is -2.02. The molecule has 3 aromatic heterocycles. The number of imidazole rings is 1. The maximum atomic E-state index is 12.2. The monoisotopic (exact) mass is 279 g/mol. The van der Waals surface area contributed by atoms with Crippen LogP contribution in [0, 0.1) is 0 Å². The quantitative estimate of drug-likeness (QED) is 0.587. The molecule has 3 heterocycles. The second kappa shape index (κ2) is 4.41. The molecule has 102 valence electrons. The predicted octanol–water partition coefficient (Wildman–Crippen LogP) is 2.35. The highest BCUT2D eigenvalue weighted by molar-refractivity contribution is 6.06. The average Bonchev–Trinajstić information content (AvgIpc) is 3.14. The number of carbonyl (C=O) groups is 1. The maximum absolute atomic E-state index is 12.2.